The number of aromatic nitrogens is 1. The number of amides is 1. The Morgan fingerprint density at radius 3 is 2.57 bits per heavy atom. The number of thiophene rings is 1. The quantitative estimate of drug-likeness (QED) is 0.133. The molecule has 1 amide bonds. The molecule has 2 aromatic carbocycles. The molecular formula is C28H19Cl2N3O2S2. The first-order valence-electron chi connectivity index (χ1n) is 11.0. The molecule has 0 bridgehead atoms. The molecule has 0 aliphatic carbocycles. The van der Waals surface area contributed by atoms with Crippen molar-refractivity contribution in [2.24, 2.45) is 0 Å². The molecule has 1 atom stereocenters. The van der Waals surface area contributed by atoms with Crippen molar-refractivity contribution in [1.29, 1.82) is 5.26 Å². The van der Waals surface area contributed by atoms with Gasteiger partial charge in [0.2, 0.25) is 5.91 Å². The summed E-state index contributed by atoms with van der Waals surface area (Å²) in [5.41, 5.74) is 2.69. The Labute approximate surface area is 232 Å². The number of benzene rings is 2. The number of anilines is 1. The molecule has 0 saturated heterocycles. The lowest BCUT2D eigenvalue weighted by molar-refractivity contribution is -0.115. The molecule has 9 heteroatoms. The summed E-state index contributed by atoms with van der Waals surface area (Å²) in [7, 11) is 0. The lowest BCUT2D eigenvalue weighted by atomic mass is 10.1. The maximum Gasteiger partial charge on any atom is 0.237 e. The van der Waals surface area contributed by atoms with E-state index in [-0.39, 0.29) is 11.7 Å². The van der Waals surface area contributed by atoms with Gasteiger partial charge in [0, 0.05) is 26.7 Å². The van der Waals surface area contributed by atoms with Gasteiger partial charge < -0.3 is 5.32 Å². The predicted molar refractivity (Wildman–Crippen MR) is 152 cm³/mol. The number of carbonyl (C=O) groups is 2. The van der Waals surface area contributed by atoms with Crippen LogP contribution in [0.4, 0.5) is 5.69 Å². The van der Waals surface area contributed by atoms with Crippen molar-refractivity contribution in [2.45, 2.75) is 17.2 Å². The molecule has 4 rings (SSSR count). The molecule has 37 heavy (non-hydrogen) atoms. The zero-order chi connectivity index (χ0) is 26.4. The van der Waals surface area contributed by atoms with Crippen LogP contribution in [0, 0.1) is 11.3 Å². The summed E-state index contributed by atoms with van der Waals surface area (Å²) in [6, 6.07) is 21.2. The summed E-state index contributed by atoms with van der Waals surface area (Å²) in [6.07, 6.45) is 3.31. The van der Waals surface area contributed by atoms with Gasteiger partial charge in [0.05, 0.1) is 21.5 Å². The second-order valence-corrected chi connectivity index (χ2v) is 11.0. The first-order chi connectivity index (χ1) is 17.8. The zero-order valence-electron chi connectivity index (χ0n) is 19.4. The average Bonchev–Trinajstić information content (AvgIpc) is 3.41. The van der Waals surface area contributed by atoms with E-state index in [1.54, 1.807) is 78.9 Å². The number of ketones is 1. The van der Waals surface area contributed by atoms with Gasteiger partial charge in [-0.15, -0.1) is 11.3 Å². The molecule has 184 valence electrons. The predicted octanol–water partition coefficient (Wildman–Crippen LogP) is 8.00. The zero-order valence-corrected chi connectivity index (χ0v) is 22.6. The third kappa shape index (κ3) is 6.88. The van der Waals surface area contributed by atoms with Crippen molar-refractivity contribution in [3.05, 3.63) is 104 Å². The minimum atomic E-state index is -0.550. The average molecular weight is 565 g/mol. The Balaban J connectivity index is 1.43. The number of pyridine rings is 1. The van der Waals surface area contributed by atoms with E-state index < -0.39 is 5.25 Å². The van der Waals surface area contributed by atoms with E-state index in [9.17, 15) is 14.9 Å². The Morgan fingerprint density at radius 2 is 1.89 bits per heavy atom. The highest BCUT2D eigenvalue weighted by Crippen LogP contribution is 2.33. The fourth-order valence-corrected chi connectivity index (χ4v) is 5.30. The van der Waals surface area contributed by atoms with Crippen LogP contribution in [0.1, 0.15) is 27.7 Å². The normalized spacial score (nSPS) is 11.7. The van der Waals surface area contributed by atoms with E-state index in [0.717, 1.165) is 4.88 Å². The SMILES string of the molecule is CC(Sc1nc(-c2ccc(Cl)cc2Cl)ccc1C#N)C(=O)Nc1ccc(C(=O)C=Cc2cccs2)cc1. The van der Waals surface area contributed by atoms with Crippen LogP contribution >= 0.6 is 46.3 Å². The maximum absolute atomic E-state index is 12.9. The van der Waals surface area contributed by atoms with E-state index in [1.807, 2.05) is 17.5 Å². The monoisotopic (exact) mass is 563 g/mol. The molecule has 4 aromatic rings. The smallest absolute Gasteiger partial charge is 0.237 e. The van der Waals surface area contributed by atoms with Crippen LogP contribution in [-0.4, -0.2) is 21.9 Å². The topological polar surface area (TPSA) is 82.8 Å². The fourth-order valence-electron chi connectivity index (χ4n) is 3.29. The van der Waals surface area contributed by atoms with Crippen molar-refractivity contribution >= 4 is 69.8 Å². The molecule has 0 aliphatic rings. The largest absolute Gasteiger partial charge is 0.325 e. The number of nitrogens with zero attached hydrogens (tertiary/aromatic N) is 2. The van der Waals surface area contributed by atoms with Crippen molar-refractivity contribution in [3.8, 4) is 17.3 Å². The molecule has 2 heterocycles. The number of nitriles is 1. The van der Waals surface area contributed by atoms with Gasteiger partial charge in [0.15, 0.2) is 5.78 Å². The van der Waals surface area contributed by atoms with Gasteiger partial charge in [-0.3, -0.25) is 9.59 Å². The van der Waals surface area contributed by atoms with Crippen LogP contribution in [0.25, 0.3) is 17.3 Å². The second kappa shape index (κ2) is 12.2. The summed E-state index contributed by atoms with van der Waals surface area (Å²) in [4.78, 5) is 30.8. The van der Waals surface area contributed by atoms with E-state index in [4.69, 9.17) is 23.2 Å². The van der Waals surface area contributed by atoms with Crippen LogP contribution in [0.15, 0.2) is 83.2 Å². The molecule has 1 unspecified atom stereocenters. The van der Waals surface area contributed by atoms with Crippen molar-refractivity contribution in [3.63, 3.8) is 0 Å². The molecule has 0 fully saturated rings. The van der Waals surface area contributed by atoms with Gasteiger partial charge in [0.25, 0.3) is 0 Å². The second-order valence-electron chi connectivity index (χ2n) is 7.82. The molecular weight excluding hydrogens is 545 g/mol. The Hall–Kier alpha value is -3.41. The lowest BCUT2D eigenvalue weighted by Crippen LogP contribution is -2.22. The van der Waals surface area contributed by atoms with E-state index >= 15 is 0 Å². The molecule has 2 aromatic heterocycles. The van der Waals surface area contributed by atoms with Crippen LogP contribution in [-0.2, 0) is 4.79 Å². The number of halogens is 2. The summed E-state index contributed by atoms with van der Waals surface area (Å²) >= 11 is 15.0. The van der Waals surface area contributed by atoms with Gasteiger partial charge in [-0.2, -0.15) is 5.26 Å². The standard InChI is InChI=1S/C28H19Cl2N3O2S2/c1-17(37-28-19(16-31)6-12-25(33-28)23-11-7-20(29)15-24(23)30)27(35)32-21-8-4-18(5-9-21)26(34)13-10-22-3-2-14-36-22/h2-15,17H,1H3,(H,32,35). The van der Waals surface area contributed by atoms with E-state index in [1.165, 1.54) is 17.8 Å². The third-order valence-corrected chi connectivity index (χ3v) is 7.71. The van der Waals surface area contributed by atoms with Gasteiger partial charge in [0.1, 0.15) is 11.1 Å². The lowest BCUT2D eigenvalue weighted by Gasteiger charge is -2.14. The number of carbonyl (C=O) groups excluding carboxylic acids is 2. The van der Waals surface area contributed by atoms with Crippen molar-refractivity contribution in [2.75, 3.05) is 5.32 Å². The molecule has 0 saturated carbocycles. The van der Waals surface area contributed by atoms with E-state index in [0.29, 0.717) is 43.1 Å². The molecule has 0 radical (unpaired) electrons. The van der Waals surface area contributed by atoms with Gasteiger partial charge in [-0.25, -0.2) is 4.98 Å². The Bertz CT molecular complexity index is 1510. The number of nitrogens with one attached hydrogen (secondary N) is 1. The summed E-state index contributed by atoms with van der Waals surface area (Å²) < 4.78 is 0. The number of allylic oxidation sites excluding steroid dienone is 1. The third-order valence-electron chi connectivity index (χ3n) is 5.22. The van der Waals surface area contributed by atoms with E-state index in [2.05, 4.69) is 16.4 Å². The number of rotatable bonds is 8. The Kier molecular flexibility index (Phi) is 8.80. The van der Waals surface area contributed by atoms with Gasteiger partial charge in [-0.1, -0.05) is 41.0 Å². The van der Waals surface area contributed by atoms with Crippen LogP contribution in [0.5, 0.6) is 0 Å². The maximum atomic E-state index is 12.9. The highest BCUT2D eigenvalue weighted by atomic mass is 35.5. The summed E-state index contributed by atoms with van der Waals surface area (Å²) in [6.45, 7) is 1.73. The molecule has 5 nitrogen and oxygen atoms in total. The first-order valence-corrected chi connectivity index (χ1v) is 13.6. The number of thioether (sulfide) groups is 1. The van der Waals surface area contributed by atoms with Gasteiger partial charge >= 0.3 is 0 Å². The van der Waals surface area contributed by atoms with Crippen LogP contribution < -0.4 is 5.32 Å². The summed E-state index contributed by atoms with van der Waals surface area (Å²) in [5, 5.41) is 15.2. The van der Waals surface area contributed by atoms with Crippen LogP contribution in [0.2, 0.25) is 10.0 Å². The fraction of sp³-hybridized carbons (Fsp3) is 0.0714. The van der Waals surface area contributed by atoms with Crippen LogP contribution in [0.3, 0.4) is 0 Å². The van der Waals surface area contributed by atoms with Gasteiger partial charge in [-0.05, 0) is 85.1 Å². The first kappa shape index (κ1) is 26.6. The van der Waals surface area contributed by atoms with Crippen molar-refractivity contribution in [1.82, 2.24) is 4.98 Å². The molecule has 1 N–H and O–H groups in total. The highest BCUT2D eigenvalue weighted by Gasteiger charge is 2.19. The highest BCUT2D eigenvalue weighted by molar-refractivity contribution is 8.00. The minimum absolute atomic E-state index is 0.119. The minimum Gasteiger partial charge on any atom is -0.325 e. The number of hydrogen-bond acceptors (Lipinski definition) is 6. The molecule has 0 spiro atoms. The Morgan fingerprint density at radius 1 is 1.11 bits per heavy atom. The molecule has 0 aliphatic heterocycles. The van der Waals surface area contributed by atoms with Crippen molar-refractivity contribution < 1.29 is 9.59 Å². The summed E-state index contributed by atoms with van der Waals surface area (Å²) in [5.74, 6) is -0.381. The number of hydrogen-bond donors (Lipinski definition) is 1.